The van der Waals surface area contributed by atoms with Gasteiger partial charge in [0.1, 0.15) is 0 Å². The van der Waals surface area contributed by atoms with E-state index in [9.17, 15) is 9.59 Å². The second-order valence-electron chi connectivity index (χ2n) is 6.17. The van der Waals surface area contributed by atoms with E-state index in [-0.39, 0.29) is 11.7 Å². The molecular formula is C20H17N4O3S+. The lowest BCUT2D eigenvalue weighted by molar-refractivity contribution is -0.704. The molecule has 7 nitrogen and oxygen atoms in total. The molecule has 8 heteroatoms. The quantitative estimate of drug-likeness (QED) is 0.402. The lowest BCUT2D eigenvalue weighted by Gasteiger charge is -2.07. The van der Waals surface area contributed by atoms with Crippen LogP contribution in [-0.4, -0.2) is 21.9 Å². The first-order valence-electron chi connectivity index (χ1n) is 8.59. The van der Waals surface area contributed by atoms with Crippen molar-refractivity contribution in [1.82, 2.24) is 10.3 Å². The van der Waals surface area contributed by atoms with Crippen molar-refractivity contribution >= 4 is 34.3 Å². The van der Waals surface area contributed by atoms with Crippen molar-refractivity contribution in [1.29, 1.82) is 0 Å². The third kappa shape index (κ3) is 3.67. The Morgan fingerprint density at radius 3 is 2.82 bits per heavy atom. The van der Waals surface area contributed by atoms with Crippen LogP contribution in [0.5, 0.6) is 0 Å². The number of aromatic amines is 1. The standard InChI is InChI=1S/C20H16N4O3S/c1-13-7-9-14(10-8-13)24-19(20(26)27-23-24)28-12-18(25)22-17-6-2-5-16-15(17)4-3-11-21-16/h2-11H,12H2,1H3,(H-,21,22,23,25,26)/p+1. The molecule has 0 spiro atoms. The molecule has 0 saturated carbocycles. The van der Waals surface area contributed by atoms with E-state index in [0.717, 1.165) is 33.9 Å². The molecule has 0 fully saturated rings. The van der Waals surface area contributed by atoms with Gasteiger partial charge in [-0.1, -0.05) is 23.8 Å². The van der Waals surface area contributed by atoms with Gasteiger partial charge in [0.2, 0.25) is 11.6 Å². The summed E-state index contributed by atoms with van der Waals surface area (Å²) in [5, 5.41) is 6.62. The molecular weight excluding hydrogens is 376 g/mol. The number of aromatic nitrogens is 3. The van der Waals surface area contributed by atoms with E-state index in [1.165, 1.54) is 4.68 Å². The number of carbonyl (C=O) groups is 1. The highest BCUT2D eigenvalue weighted by molar-refractivity contribution is 7.99. The molecule has 0 unspecified atom stereocenters. The number of amides is 1. The van der Waals surface area contributed by atoms with Gasteiger partial charge in [-0.2, -0.15) is 0 Å². The fourth-order valence-electron chi connectivity index (χ4n) is 2.78. The Morgan fingerprint density at radius 1 is 1.18 bits per heavy atom. The number of anilines is 1. The van der Waals surface area contributed by atoms with Crippen LogP contribution in [0.15, 0.2) is 75.1 Å². The van der Waals surface area contributed by atoms with Crippen LogP contribution in [0.2, 0.25) is 0 Å². The second-order valence-corrected chi connectivity index (χ2v) is 7.13. The lowest BCUT2D eigenvalue weighted by Crippen LogP contribution is -2.36. The van der Waals surface area contributed by atoms with Gasteiger partial charge in [0.05, 0.1) is 17.0 Å². The number of thioether (sulfide) groups is 1. The summed E-state index contributed by atoms with van der Waals surface area (Å²) in [6, 6.07) is 16.9. The van der Waals surface area contributed by atoms with Crippen molar-refractivity contribution < 1.29 is 14.0 Å². The van der Waals surface area contributed by atoms with Crippen LogP contribution in [-0.2, 0) is 4.79 Å². The topological polar surface area (TPSA) is 91.9 Å². The van der Waals surface area contributed by atoms with E-state index < -0.39 is 5.63 Å². The predicted octanol–water partition coefficient (Wildman–Crippen LogP) is 2.83. The van der Waals surface area contributed by atoms with E-state index in [1.54, 1.807) is 6.20 Å². The maximum absolute atomic E-state index is 12.5. The molecule has 0 aliphatic rings. The number of rotatable bonds is 5. The van der Waals surface area contributed by atoms with Gasteiger partial charge >= 0.3 is 10.7 Å². The van der Waals surface area contributed by atoms with Gasteiger partial charge in [-0.25, -0.2) is 4.79 Å². The highest BCUT2D eigenvalue weighted by Gasteiger charge is 2.25. The Labute approximate surface area is 164 Å². The molecule has 0 bridgehead atoms. The van der Waals surface area contributed by atoms with E-state index in [0.29, 0.717) is 10.7 Å². The molecule has 28 heavy (non-hydrogen) atoms. The van der Waals surface area contributed by atoms with E-state index in [2.05, 4.69) is 15.6 Å². The molecule has 0 atom stereocenters. The first kappa shape index (κ1) is 18.0. The fraction of sp³-hybridized carbons (Fsp3) is 0.100. The van der Waals surface area contributed by atoms with Crippen molar-refractivity contribution in [2.45, 2.75) is 11.9 Å². The highest BCUT2D eigenvalue weighted by atomic mass is 32.2. The van der Waals surface area contributed by atoms with Crippen LogP contribution < -0.4 is 15.6 Å². The van der Waals surface area contributed by atoms with Crippen LogP contribution in [0.3, 0.4) is 0 Å². The molecule has 4 rings (SSSR count). The number of hydrogen-bond acceptors (Lipinski definition) is 5. The highest BCUT2D eigenvalue weighted by Crippen LogP contribution is 2.22. The Bertz CT molecular complexity index is 1190. The van der Waals surface area contributed by atoms with Gasteiger partial charge in [0, 0.05) is 23.7 Å². The van der Waals surface area contributed by atoms with Crippen molar-refractivity contribution in [2.24, 2.45) is 0 Å². The molecule has 2 aromatic carbocycles. The van der Waals surface area contributed by atoms with E-state index in [4.69, 9.17) is 4.52 Å². The molecule has 2 aromatic heterocycles. The fourth-order valence-corrected chi connectivity index (χ4v) is 3.55. The SMILES string of the molecule is Cc1ccc(-[n+]2[nH]oc(=O)c2SCC(=O)Nc2cccc3ncccc23)cc1. The van der Waals surface area contributed by atoms with Gasteiger partial charge in [-0.05, 0) is 52.9 Å². The molecule has 2 N–H and O–H groups in total. The van der Waals surface area contributed by atoms with Gasteiger partial charge < -0.3 is 5.32 Å². The zero-order valence-electron chi connectivity index (χ0n) is 15.0. The first-order valence-corrected chi connectivity index (χ1v) is 9.57. The number of fused-ring (bicyclic) bond motifs is 1. The Morgan fingerprint density at radius 2 is 2.00 bits per heavy atom. The van der Waals surface area contributed by atoms with Gasteiger partial charge in [-0.3, -0.25) is 14.3 Å². The zero-order chi connectivity index (χ0) is 19.5. The van der Waals surface area contributed by atoms with Gasteiger partial charge in [0.15, 0.2) is 0 Å². The number of H-pyrrole nitrogens is 1. The van der Waals surface area contributed by atoms with Crippen LogP contribution in [0.1, 0.15) is 5.56 Å². The summed E-state index contributed by atoms with van der Waals surface area (Å²) in [4.78, 5) is 28.8. The Kier molecular flexibility index (Phi) is 4.94. The molecule has 4 aromatic rings. The summed E-state index contributed by atoms with van der Waals surface area (Å²) < 4.78 is 6.44. The van der Waals surface area contributed by atoms with E-state index >= 15 is 0 Å². The van der Waals surface area contributed by atoms with Crippen molar-refractivity contribution in [3.8, 4) is 5.69 Å². The third-order valence-electron chi connectivity index (χ3n) is 4.16. The summed E-state index contributed by atoms with van der Waals surface area (Å²) in [6.07, 6.45) is 1.71. The Balaban J connectivity index is 1.50. The largest absolute Gasteiger partial charge is 0.442 e. The molecule has 2 heterocycles. The minimum atomic E-state index is -0.521. The normalized spacial score (nSPS) is 10.9. The molecule has 1 amide bonds. The van der Waals surface area contributed by atoms with Crippen molar-refractivity contribution in [3.63, 3.8) is 0 Å². The minimum Gasteiger partial charge on any atom is -0.325 e. The summed E-state index contributed by atoms with van der Waals surface area (Å²) in [6.45, 7) is 1.98. The average molecular weight is 393 g/mol. The number of carbonyl (C=O) groups excluding carboxylic acids is 1. The van der Waals surface area contributed by atoms with Gasteiger partial charge in [0.25, 0.3) is 0 Å². The molecule has 0 aliphatic carbocycles. The van der Waals surface area contributed by atoms with Crippen LogP contribution >= 0.6 is 11.8 Å². The van der Waals surface area contributed by atoms with Crippen LogP contribution in [0.4, 0.5) is 5.69 Å². The third-order valence-corrected chi connectivity index (χ3v) is 5.19. The first-order chi connectivity index (χ1) is 13.6. The number of hydrogen-bond donors (Lipinski definition) is 2. The maximum Gasteiger partial charge on any atom is 0.442 e. The monoisotopic (exact) mass is 393 g/mol. The second kappa shape index (κ2) is 7.69. The maximum atomic E-state index is 12.5. The number of aryl methyl sites for hydroxylation is 1. The van der Waals surface area contributed by atoms with Crippen LogP contribution in [0, 0.1) is 6.92 Å². The van der Waals surface area contributed by atoms with Gasteiger partial charge in [-0.15, -0.1) is 0 Å². The number of nitrogens with one attached hydrogen (secondary N) is 2. The Hall–Kier alpha value is -3.39. The molecule has 0 radical (unpaired) electrons. The average Bonchev–Trinajstić information content (AvgIpc) is 3.08. The van der Waals surface area contributed by atoms with Crippen LogP contribution in [0.25, 0.3) is 16.6 Å². The molecule has 0 aliphatic heterocycles. The zero-order valence-corrected chi connectivity index (χ0v) is 15.8. The summed E-state index contributed by atoms with van der Waals surface area (Å²) >= 11 is 1.11. The van der Waals surface area contributed by atoms with Crippen molar-refractivity contribution in [2.75, 3.05) is 11.1 Å². The van der Waals surface area contributed by atoms with Crippen molar-refractivity contribution in [3.05, 3.63) is 76.8 Å². The summed E-state index contributed by atoms with van der Waals surface area (Å²) in [7, 11) is 0. The lowest BCUT2D eigenvalue weighted by atomic mass is 10.2. The number of benzene rings is 2. The summed E-state index contributed by atoms with van der Waals surface area (Å²) in [5.74, 6) is -0.164. The summed E-state index contributed by atoms with van der Waals surface area (Å²) in [5.41, 5.74) is 2.82. The number of nitrogens with zero attached hydrogens (tertiary/aromatic N) is 2. The smallest absolute Gasteiger partial charge is 0.325 e. The minimum absolute atomic E-state index is 0.0606. The predicted molar refractivity (Wildman–Crippen MR) is 107 cm³/mol. The molecule has 140 valence electrons. The number of pyridine rings is 1. The van der Waals surface area contributed by atoms with E-state index in [1.807, 2.05) is 61.5 Å². The molecule has 0 saturated heterocycles.